The molecular weight excluding hydrogens is 719 g/mol. The molecule has 1 aliphatic heterocycles. The van der Waals surface area contributed by atoms with E-state index >= 15 is 0 Å². The summed E-state index contributed by atoms with van der Waals surface area (Å²) in [6, 6.07) is 41.4. The minimum atomic E-state index is 0.0412. The average molecular weight is 782 g/mol. The number of fused-ring (bicyclic) bond motifs is 4. The maximum Gasteiger partial charge on any atom is 0.0465 e. The molecule has 7 aliphatic rings. The molecule has 58 heavy (non-hydrogen) atoms. The largest absolute Gasteiger partial charge is 0.310 e. The maximum absolute atomic E-state index is 2.71. The summed E-state index contributed by atoms with van der Waals surface area (Å²) in [6.45, 7) is 19.7. The van der Waals surface area contributed by atoms with E-state index in [2.05, 4.69) is 175 Å². The minimum Gasteiger partial charge on any atom is -0.310 e. The van der Waals surface area contributed by atoms with Gasteiger partial charge in [0, 0.05) is 32.3 Å². The quantitative estimate of drug-likeness (QED) is 0.179. The van der Waals surface area contributed by atoms with Crippen LogP contribution in [0.1, 0.15) is 147 Å². The van der Waals surface area contributed by atoms with Crippen LogP contribution in [-0.4, -0.2) is 0 Å². The Morgan fingerprint density at radius 1 is 0.448 bits per heavy atom. The molecule has 12 rings (SSSR count). The molecule has 4 fully saturated rings. The van der Waals surface area contributed by atoms with Crippen LogP contribution in [0.15, 0.2) is 113 Å². The zero-order chi connectivity index (χ0) is 40.0. The SMILES string of the molecule is CC1(C)CCC(C)(C)c2cc(N(c3ccc4c(c3)C(C)(C)CCC4(C)C)c3ccc4c(c3)C3(c5cccc(-c6ccccc6)c5S4)C4CC5CC(C4)CC3C5)ccc21. The van der Waals surface area contributed by atoms with Gasteiger partial charge in [0.1, 0.15) is 0 Å². The lowest BCUT2D eigenvalue weighted by Gasteiger charge is -2.63. The average Bonchev–Trinajstić information content (AvgIpc) is 3.20. The summed E-state index contributed by atoms with van der Waals surface area (Å²) < 4.78 is 0. The molecule has 0 amide bonds. The smallest absolute Gasteiger partial charge is 0.0465 e. The first-order chi connectivity index (χ1) is 27.7. The maximum atomic E-state index is 2.71. The molecular formula is C56H63NS. The topological polar surface area (TPSA) is 3.24 Å². The second-order valence-electron chi connectivity index (χ2n) is 22.3. The molecule has 6 aliphatic carbocycles. The van der Waals surface area contributed by atoms with Crippen LogP contribution in [0.4, 0.5) is 17.1 Å². The first kappa shape index (κ1) is 37.3. The number of hydrogen-bond acceptors (Lipinski definition) is 2. The predicted molar refractivity (Wildman–Crippen MR) is 246 cm³/mol. The van der Waals surface area contributed by atoms with E-state index in [0.717, 1.165) is 11.8 Å². The van der Waals surface area contributed by atoms with Crippen molar-refractivity contribution >= 4 is 28.8 Å². The standard InChI is InChI=1S/C56H63NS/c1-52(2)23-25-54(5,6)47-32-40(17-20-44(47)52)57(41-18-21-45-48(33-41)55(7,8)26-24-53(45,3)4)42-19-22-50-49(34-42)56(38-28-35-27-36(30-38)31-39(56)29-35)46-16-12-15-43(51(46)58-50)37-13-10-9-11-14-37/h9-22,32-36,38-39H,23-31H2,1-8H3. The Labute approximate surface area is 353 Å². The Kier molecular flexibility index (Phi) is 8.12. The zero-order valence-corrected chi connectivity index (χ0v) is 37.2. The zero-order valence-electron chi connectivity index (χ0n) is 36.3. The van der Waals surface area contributed by atoms with Crippen LogP contribution in [0.3, 0.4) is 0 Å². The third-order valence-electron chi connectivity index (χ3n) is 17.0. The summed E-state index contributed by atoms with van der Waals surface area (Å²) in [5.74, 6) is 3.18. The Hall–Kier alpha value is -3.75. The van der Waals surface area contributed by atoms with Gasteiger partial charge in [-0.25, -0.2) is 0 Å². The van der Waals surface area contributed by atoms with Crippen molar-refractivity contribution in [3.8, 4) is 11.1 Å². The molecule has 0 radical (unpaired) electrons. The van der Waals surface area contributed by atoms with Gasteiger partial charge in [0.05, 0.1) is 0 Å². The van der Waals surface area contributed by atoms with E-state index in [1.54, 1.807) is 11.1 Å². The highest BCUT2D eigenvalue weighted by Gasteiger charge is 2.61. The van der Waals surface area contributed by atoms with Crippen molar-refractivity contribution in [3.05, 3.63) is 137 Å². The van der Waals surface area contributed by atoms with Crippen molar-refractivity contribution < 1.29 is 0 Å². The molecule has 5 aromatic carbocycles. The van der Waals surface area contributed by atoms with Gasteiger partial charge in [-0.3, -0.25) is 0 Å². The molecule has 1 heterocycles. The van der Waals surface area contributed by atoms with Gasteiger partial charge in [-0.05, 0) is 190 Å². The number of nitrogens with zero attached hydrogens (tertiary/aromatic N) is 1. The van der Waals surface area contributed by atoms with E-state index in [-0.39, 0.29) is 27.1 Å². The van der Waals surface area contributed by atoms with E-state index in [4.69, 9.17) is 0 Å². The van der Waals surface area contributed by atoms with Gasteiger partial charge < -0.3 is 4.90 Å². The summed E-state index contributed by atoms with van der Waals surface area (Å²) >= 11 is 2.05. The van der Waals surface area contributed by atoms with Crippen LogP contribution in [0, 0.1) is 23.7 Å². The van der Waals surface area contributed by atoms with Crippen molar-refractivity contribution in [3.63, 3.8) is 0 Å². The van der Waals surface area contributed by atoms with E-state index in [9.17, 15) is 0 Å². The van der Waals surface area contributed by atoms with Gasteiger partial charge in [0.15, 0.2) is 0 Å². The van der Waals surface area contributed by atoms with Gasteiger partial charge in [-0.1, -0.05) is 128 Å². The Morgan fingerprint density at radius 2 is 0.931 bits per heavy atom. The molecule has 1 spiro atoms. The van der Waals surface area contributed by atoms with Gasteiger partial charge >= 0.3 is 0 Å². The summed E-state index contributed by atoms with van der Waals surface area (Å²) in [5, 5.41) is 0. The van der Waals surface area contributed by atoms with Crippen molar-refractivity contribution in [1.82, 2.24) is 0 Å². The first-order valence-electron chi connectivity index (χ1n) is 22.8. The Balaban J connectivity index is 1.14. The van der Waals surface area contributed by atoms with Crippen LogP contribution in [0.2, 0.25) is 0 Å². The van der Waals surface area contributed by atoms with Gasteiger partial charge in [0.25, 0.3) is 0 Å². The predicted octanol–water partition coefficient (Wildman–Crippen LogP) is 15.7. The van der Waals surface area contributed by atoms with Crippen molar-refractivity contribution in [2.24, 2.45) is 23.7 Å². The monoisotopic (exact) mass is 781 g/mol. The van der Waals surface area contributed by atoms with Crippen LogP contribution >= 0.6 is 11.8 Å². The Bertz CT molecular complexity index is 2350. The van der Waals surface area contributed by atoms with Crippen molar-refractivity contribution in [1.29, 1.82) is 0 Å². The highest BCUT2D eigenvalue weighted by Crippen LogP contribution is 2.70. The van der Waals surface area contributed by atoms with E-state index < -0.39 is 0 Å². The fourth-order valence-electron chi connectivity index (χ4n) is 13.8. The molecule has 0 N–H and O–H groups in total. The molecule has 4 bridgehead atoms. The van der Waals surface area contributed by atoms with E-state index in [1.807, 2.05) is 0 Å². The molecule has 0 aromatic heterocycles. The summed E-state index contributed by atoms with van der Waals surface area (Å²) in [5.41, 5.74) is 16.7. The molecule has 4 saturated carbocycles. The molecule has 5 aromatic rings. The lowest BCUT2D eigenvalue weighted by atomic mass is 9.42. The van der Waals surface area contributed by atoms with Crippen molar-refractivity contribution in [2.75, 3.05) is 4.90 Å². The highest BCUT2D eigenvalue weighted by molar-refractivity contribution is 7.99. The molecule has 1 nitrogen and oxygen atoms in total. The third kappa shape index (κ3) is 5.41. The van der Waals surface area contributed by atoms with Crippen molar-refractivity contribution in [2.45, 2.75) is 150 Å². The van der Waals surface area contributed by atoms with Gasteiger partial charge in [-0.2, -0.15) is 0 Å². The normalized spacial score (nSPS) is 28.6. The Morgan fingerprint density at radius 3 is 1.47 bits per heavy atom. The third-order valence-corrected chi connectivity index (χ3v) is 18.3. The lowest BCUT2D eigenvalue weighted by molar-refractivity contribution is -0.0443. The van der Waals surface area contributed by atoms with Gasteiger partial charge in [0.2, 0.25) is 0 Å². The van der Waals surface area contributed by atoms with Crippen LogP contribution in [-0.2, 0) is 27.1 Å². The number of benzene rings is 5. The minimum absolute atomic E-state index is 0.0412. The second kappa shape index (κ2) is 12.6. The number of hydrogen-bond donors (Lipinski definition) is 0. The fourth-order valence-corrected chi connectivity index (χ4v) is 15.2. The molecule has 298 valence electrons. The summed E-state index contributed by atoms with van der Waals surface area (Å²) in [6.07, 6.45) is 11.9. The van der Waals surface area contributed by atoms with Gasteiger partial charge in [-0.15, -0.1) is 0 Å². The molecule has 2 heteroatoms. The molecule has 0 unspecified atom stereocenters. The fraction of sp³-hybridized carbons (Fsp3) is 0.464. The molecule has 0 atom stereocenters. The number of rotatable bonds is 4. The summed E-state index contributed by atoms with van der Waals surface area (Å²) in [4.78, 5) is 5.66. The molecule has 0 saturated heterocycles. The lowest BCUT2D eigenvalue weighted by Crippen LogP contribution is -2.57. The highest BCUT2D eigenvalue weighted by atomic mass is 32.2. The first-order valence-corrected chi connectivity index (χ1v) is 23.6. The second-order valence-corrected chi connectivity index (χ2v) is 23.4. The van der Waals surface area contributed by atoms with E-state index in [0.29, 0.717) is 11.8 Å². The number of anilines is 3. The summed E-state index contributed by atoms with van der Waals surface area (Å²) in [7, 11) is 0. The van der Waals surface area contributed by atoms with E-state index in [1.165, 1.54) is 118 Å². The van der Waals surface area contributed by atoms with Crippen LogP contribution < -0.4 is 4.90 Å². The van der Waals surface area contributed by atoms with Crippen LogP contribution in [0.25, 0.3) is 11.1 Å². The van der Waals surface area contributed by atoms with Crippen LogP contribution in [0.5, 0.6) is 0 Å².